The van der Waals surface area contributed by atoms with Crippen molar-refractivity contribution in [1.29, 1.82) is 0 Å². The second-order valence-corrected chi connectivity index (χ2v) is 3.66. The van der Waals surface area contributed by atoms with Crippen molar-refractivity contribution in [2.75, 3.05) is 17.3 Å². The van der Waals surface area contributed by atoms with Gasteiger partial charge in [-0.05, 0) is 24.1 Å². The van der Waals surface area contributed by atoms with Crippen LogP contribution in [0, 0.1) is 0 Å². The fourth-order valence-corrected chi connectivity index (χ4v) is 1.65. The number of fused-ring (bicyclic) bond motifs is 1. The molecule has 0 amide bonds. The van der Waals surface area contributed by atoms with Crippen molar-refractivity contribution in [1.82, 2.24) is 0 Å². The largest absolute Gasteiger partial charge is 0.359 e. The van der Waals surface area contributed by atoms with Crippen LogP contribution in [-0.2, 0) is 0 Å². The molecule has 0 saturated heterocycles. The van der Waals surface area contributed by atoms with Gasteiger partial charge in [0.1, 0.15) is 0 Å². The second-order valence-electron chi connectivity index (χ2n) is 3.66. The molecule has 0 radical (unpaired) electrons. The number of rotatable bonds is 2. The maximum Gasteiger partial charge on any atom is 0.0643 e. The van der Waals surface area contributed by atoms with Crippen molar-refractivity contribution in [3.8, 4) is 0 Å². The third-order valence-electron chi connectivity index (χ3n) is 2.48. The number of benzene rings is 1. The van der Waals surface area contributed by atoms with Crippen LogP contribution in [-0.4, -0.2) is 7.05 Å². The van der Waals surface area contributed by atoms with E-state index in [-0.39, 0.29) is 0 Å². The molecule has 0 saturated carbocycles. The third-order valence-corrected chi connectivity index (χ3v) is 2.48. The van der Waals surface area contributed by atoms with Gasteiger partial charge in [-0.25, -0.2) is 0 Å². The monoisotopic (exact) mass is 200 g/mol. The molecule has 1 aromatic rings. The number of nitrogens with zero attached hydrogens (tertiary/aromatic N) is 1. The Hall–Kier alpha value is -1.70. The Bertz CT molecular complexity index is 405. The van der Waals surface area contributed by atoms with Crippen molar-refractivity contribution < 1.29 is 0 Å². The van der Waals surface area contributed by atoms with Crippen LogP contribution >= 0.6 is 0 Å². The normalized spacial score (nSPS) is 14.1. The Morgan fingerprint density at radius 1 is 1.40 bits per heavy atom. The van der Waals surface area contributed by atoms with Gasteiger partial charge in [0.25, 0.3) is 0 Å². The first-order chi connectivity index (χ1) is 7.31. The summed E-state index contributed by atoms with van der Waals surface area (Å²) < 4.78 is 0. The molecule has 2 nitrogen and oxygen atoms in total. The molecule has 1 aliphatic heterocycles. The van der Waals surface area contributed by atoms with Gasteiger partial charge < -0.3 is 10.2 Å². The van der Waals surface area contributed by atoms with E-state index in [4.69, 9.17) is 0 Å². The van der Waals surface area contributed by atoms with Crippen LogP contribution in [0.2, 0.25) is 0 Å². The minimum atomic E-state index is 1.07. The van der Waals surface area contributed by atoms with Gasteiger partial charge in [0.2, 0.25) is 0 Å². The van der Waals surface area contributed by atoms with Gasteiger partial charge in [-0.2, -0.15) is 0 Å². The number of hydrogen-bond donors (Lipinski definition) is 1. The van der Waals surface area contributed by atoms with E-state index in [0.717, 1.165) is 6.42 Å². The maximum atomic E-state index is 3.25. The van der Waals surface area contributed by atoms with Crippen LogP contribution in [0.1, 0.15) is 18.9 Å². The fraction of sp³-hybridized carbons (Fsp3) is 0.231. The first-order valence-corrected chi connectivity index (χ1v) is 5.28. The Morgan fingerprint density at radius 3 is 3.07 bits per heavy atom. The highest BCUT2D eigenvalue weighted by Crippen LogP contribution is 2.29. The predicted octanol–water partition coefficient (Wildman–Crippen LogP) is 3.44. The van der Waals surface area contributed by atoms with Gasteiger partial charge in [-0.1, -0.05) is 25.1 Å². The molecule has 0 atom stereocenters. The smallest absolute Gasteiger partial charge is 0.0643 e. The summed E-state index contributed by atoms with van der Waals surface area (Å²) in [6.07, 6.45) is 9.37. The van der Waals surface area contributed by atoms with Crippen LogP contribution < -0.4 is 10.2 Å². The molecule has 2 heteroatoms. The first kappa shape index (κ1) is 9.84. The van der Waals surface area contributed by atoms with Crippen LogP contribution in [0.5, 0.6) is 0 Å². The summed E-state index contributed by atoms with van der Waals surface area (Å²) in [5.41, 5.74) is 3.62. The minimum Gasteiger partial charge on any atom is -0.359 e. The summed E-state index contributed by atoms with van der Waals surface area (Å²) in [6.45, 7) is 2.14. The van der Waals surface area contributed by atoms with E-state index in [2.05, 4.69) is 54.5 Å². The Labute approximate surface area is 90.9 Å². The molecular weight excluding hydrogens is 184 g/mol. The highest BCUT2D eigenvalue weighted by molar-refractivity contribution is 5.77. The SMILES string of the molecule is CC/C=C/c1ccc2c(c1)NC=CN2C. The lowest BCUT2D eigenvalue weighted by Crippen LogP contribution is -2.14. The molecule has 2 rings (SSSR count). The van der Waals surface area contributed by atoms with E-state index in [0.29, 0.717) is 0 Å². The summed E-state index contributed by atoms with van der Waals surface area (Å²) in [6, 6.07) is 6.45. The standard InChI is InChI=1S/C13H16N2/c1-3-4-5-11-6-7-13-12(10-11)14-8-9-15(13)2/h4-10,14H,3H2,1-2H3/b5-4+. The fourth-order valence-electron chi connectivity index (χ4n) is 1.65. The molecule has 1 aliphatic rings. The Morgan fingerprint density at radius 2 is 2.27 bits per heavy atom. The molecule has 15 heavy (non-hydrogen) atoms. The zero-order valence-electron chi connectivity index (χ0n) is 9.20. The quantitative estimate of drug-likeness (QED) is 0.786. The van der Waals surface area contributed by atoms with E-state index < -0.39 is 0 Å². The third kappa shape index (κ3) is 2.04. The lowest BCUT2D eigenvalue weighted by Gasteiger charge is -2.23. The van der Waals surface area contributed by atoms with Crippen molar-refractivity contribution in [2.45, 2.75) is 13.3 Å². The molecule has 0 aromatic heterocycles. The average Bonchev–Trinajstić information content (AvgIpc) is 2.26. The molecule has 1 aromatic carbocycles. The maximum absolute atomic E-state index is 3.25. The predicted molar refractivity (Wildman–Crippen MR) is 66.9 cm³/mol. The number of nitrogens with one attached hydrogen (secondary N) is 1. The molecule has 0 fully saturated rings. The lowest BCUT2D eigenvalue weighted by molar-refractivity contribution is 1.17. The highest BCUT2D eigenvalue weighted by Gasteiger charge is 2.08. The molecule has 0 unspecified atom stereocenters. The summed E-state index contributed by atoms with van der Waals surface area (Å²) >= 11 is 0. The topological polar surface area (TPSA) is 15.3 Å². The van der Waals surface area contributed by atoms with Crippen LogP contribution in [0.15, 0.2) is 36.7 Å². The van der Waals surface area contributed by atoms with Crippen molar-refractivity contribution in [3.05, 3.63) is 42.2 Å². The van der Waals surface area contributed by atoms with Crippen molar-refractivity contribution >= 4 is 17.5 Å². The molecule has 0 bridgehead atoms. The lowest BCUT2D eigenvalue weighted by atomic mass is 10.1. The highest BCUT2D eigenvalue weighted by atomic mass is 15.1. The number of hydrogen-bond acceptors (Lipinski definition) is 2. The second kappa shape index (κ2) is 4.22. The molecule has 1 N–H and O–H groups in total. The first-order valence-electron chi connectivity index (χ1n) is 5.28. The molecule has 0 aliphatic carbocycles. The molecular formula is C13H16N2. The van der Waals surface area contributed by atoms with Gasteiger partial charge >= 0.3 is 0 Å². The van der Waals surface area contributed by atoms with Gasteiger partial charge in [-0.3, -0.25) is 0 Å². The van der Waals surface area contributed by atoms with Gasteiger partial charge in [0, 0.05) is 19.4 Å². The molecule has 0 spiro atoms. The summed E-state index contributed by atoms with van der Waals surface area (Å²) in [5.74, 6) is 0. The zero-order valence-corrected chi connectivity index (χ0v) is 9.20. The van der Waals surface area contributed by atoms with E-state index in [1.165, 1.54) is 16.9 Å². The van der Waals surface area contributed by atoms with E-state index in [9.17, 15) is 0 Å². The minimum absolute atomic E-state index is 1.07. The number of allylic oxidation sites excluding steroid dienone is 1. The zero-order chi connectivity index (χ0) is 10.7. The molecule has 1 heterocycles. The van der Waals surface area contributed by atoms with Crippen molar-refractivity contribution in [2.24, 2.45) is 0 Å². The average molecular weight is 200 g/mol. The van der Waals surface area contributed by atoms with Gasteiger partial charge in [0.15, 0.2) is 0 Å². The summed E-state index contributed by atoms with van der Waals surface area (Å²) in [4.78, 5) is 2.11. The van der Waals surface area contributed by atoms with Crippen LogP contribution in [0.25, 0.3) is 6.08 Å². The van der Waals surface area contributed by atoms with Crippen molar-refractivity contribution in [3.63, 3.8) is 0 Å². The Kier molecular flexibility index (Phi) is 2.77. The van der Waals surface area contributed by atoms with Crippen LogP contribution in [0.3, 0.4) is 0 Å². The van der Waals surface area contributed by atoms with E-state index in [1.807, 2.05) is 12.4 Å². The van der Waals surface area contributed by atoms with E-state index in [1.54, 1.807) is 0 Å². The van der Waals surface area contributed by atoms with Gasteiger partial charge in [-0.15, -0.1) is 0 Å². The van der Waals surface area contributed by atoms with Gasteiger partial charge in [0.05, 0.1) is 11.4 Å². The van der Waals surface area contributed by atoms with E-state index >= 15 is 0 Å². The Balaban J connectivity index is 2.31. The number of anilines is 2. The summed E-state index contributed by atoms with van der Waals surface area (Å²) in [5, 5.41) is 3.25. The van der Waals surface area contributed by atoms with Crippen LogP contribution in [0.4, 0.5) is 11.4 Å². The molecule has 78 valence electrons. The summed E-state index contributed by atoms with van der Waals surface area (Å²) in [7, 11) is 2.05.